The van der Waals surface area contributed by atoms with Gasteiger partial charge in [0.05, 0.1) is 5.02 Å². The highest BCUT2D eigenvalue weighted by Gasteiger charge is 2.28. The number of nitrogens with one attached hydrogen (secondary N) is 1. The number of hydrogen-bond donors (Lipinski definition) is 2. The molecule has 0 spiro atoms. The number of hydrogen-bond acceptors (Lipinski definition) is 3. The molecule has 1 aliphatic rings. The molecule has 3 N–H and O–H groups in total. The minimum Gasteiger partial charge on any atom is -0.326 e. The number of rotatable bonds is 3. The normalized spacial score (nSPS) is 24.4. The molecular weight excluding hydrogens is 307 g/mol. The van der Waals surface area contributed by atoms with Crippen LogP contribution >= 0.6 is 23.2 Å². The van der Waals surface area contributed by atoms with E-state index in [1.165, 1.54) is 12.1 Å². The van der Waals surface area contributed by atoms with Gasteiger partial charge in [0.2, 0.25) is 10.0 Å². The molecule has 0 amide bonds. The summed E-state index contributed by atoms with van der Waals surface area (Å²) in [5.74, 6) is 0. The molecule has 0 unspecified atom stereocenters. The molecule has 2 atom stereocenters. The maximum Gasteiger partial charge on any atom is 0.242 e. The molecule has 4 nitrogen and oxygen atoms in total. The summed E-state index contributed by atoms with van der Waals surface area (Å²) in [5.41, 5.74) is 5.95. The molecule has 1 saturated carbocycles. The van der Waals surface area contributed by atoms with Gasteiger partial charge in [0.25, 0.3) is 0 Å². The summed E-state index contributed by atoms with van der Waals surface area (Å²) < 4.78 is 27.3. The highest BCUT2D eigenvalue weighted by atomic mass is 35.5. The Balaban J connectivity index is 2.24. The Morgan fingerprint density at radius 3 is 2.58 bits per heavy atom. The second-order valence-electron chi connectivity index (χ2n) is 4.75. The third kappa shape index (κ3) is 3.61. The average Bonchev–Trinajstić information content (AvgIpc) is 2.35. The van der Waals surface area contributed by atoms with Gasteiger partial charge in [0.1, 0.15) is 4.90 Å². The Labute approximate surface area is 123 Å². The van der Waals surface area contributed by atoms with Crippen LogP contribution < -0.4 is 10.5 Å². The predicted molar refractivity (Wildman–Crippen MR) is 77.0 cm³/mol. The summed E-state index contributed by atoms with van der Waals surface area (Å²) in [6.45, 7) is 0. The molecule has 0 saturated heterocycles. The van der Waals surface area contributed by atoms with Gasteiger partial charge in [-0.1, -0.05) is 36.0 Å². The predicted octanol–water partition coefficient (Wildman–Crippen LogP) is 2.54. The van der Waals surface area contributed by atoms with Crippen LogP contribution in [0.1, 0.15) is 25.7 Å². The van der Waals surface area contributed by atoms with Crippen molar-refractivity contribution < 1.29 is 8.42 Å². The smallest absolute Gasteiger partial charge is 0.242 e. The van der Waals surface area contributed by atoms with E-state index in [9.17, 15) is 8.42 Å². The van der Waals surface area contributed by atoms with Crippen LogP contribution in [-0.2, 0) is 10.0 Å². The van der Waals surface area contributed by atoms with Gasteiger partial charge in [-0.05, 0) is 31.0 Å². The number of sulfonamides is 1. The van der Waals surface area contributed by atoms with Crippen LogP contribution in [0.15, 0.2) is 23.1 Å². The molecule has 0 heterocycles. The second kappa shape index (κ2) is 5.97. The van der Waals surface area contributed by atoms with Gasteiger partial charge in [0.15, 0.2) is 0 Å². The van der Waals surface area contributed by atoms with E-state index in [1.54, 1.807) is 6.07 Å². The first kappa shape index (κ1) is 15.1. The summed E-state index contributed by atoms with van der Waals surface area (Å²) in [6.07, 6.45) is 3.59. The summed E-state index contributed by atoms with van der Waals surface area (Å²) in [5, 5.41) is 0.485. The molecule has 0 aromatic heterocycles. The van der Waals surface area contributed by atoms with E-state index in [0.717, 1.165) is 25.7 Å². The van der Waals surface area contributed by atoms with Gasteiger partial charge in [-0.25, -0.2) is 13.1 Å². The third-order valence-electron chi connectivity index (χ3n) is 3.31. The zero-order valence-corrected chi connectivity index (χ0v) is 12.6. The van der Waals surface area contributed by atoms with Crippen LogP contribution in [0.4, 0.5) is 0 Å². The first-order chi connectivity index (χ1) is 8.90. The molecule has 19 heavy (non-hydrogen) atoms. The van der Waals surface area contributed by atoms with E-state index >= 15 is 0 Å². The Morgan fingerprint density at radius 1 is 1.21 bits per heavy atom. The zero-order valence-electron chi connectivity index (χ0n) is 10.3. The number of benzene rings is 1. The maximum absolute atomic E-state index is 12.3. The first-order valence-corrected chi connectivity index (χ1v) is 8.37. The molecule has 2 rings (SSSR count). The molecule has 0 aliphatic heterocycles. The van der Waals surface area contributed by atoms with E-state index in [1.807, 2.05) is 0 Å². The minimum absolute atomic E-state index is 0.000518. The van der Waals surface area contributed by atoms with Gasteiger partial charge in [0, 0.05) is 17.1 Å². The third-order valence-corrected chi connectivity index (χ3v) is 5.52. The molecule has 0 bridgehead atoms. The average molecular weight is 323 g/mol. The van der Waals surface area contributed by atoms with Crippen LogP contribution in [0.25, 0.3) is 0 Å². The van der Waals surface area contributed by atoms with Crippen molar-refractivity contribution in [3.8, 4) is 0 Å². The van der Waals surface area contributed by atoms with E-state index < -0.39 is 10.0 Å². The standard InChI is InChI=1S/C12H16Cl2N2O2S/c13-8-5-6-9(14)12(7-8)19(17,18)16-11-4-2-1-3-10(11)15/h5-7,10-11,16H,1-4,15H2/t10-,11-/m1/s1. The van der Waals surface area contributed by atoms with E-state index in [0.29, 0.717) is 5.02 Å². The lowest BCUT2D eigenvalue weighted by molar-refractivity contribution is 0.361. The highest BCUT2D eigenvalue weighted by Crippen LogP contribution is 2.26. The molecule has 1 fully saturated rings. The molecule has 1 aromatic rings. The Bertz CT molecular complexity index is 563. The van der Waals surface area contributed by atoms with E-state index in [4.69, 9.17) is 28.9 Å². The molecule has 0 radical (unpaired) electrons. The number of nitrogens with two attached hydrogens (primary N) is 1. The van der Waals surface area contributed by atoms with Crippen LogP contribution in [0.5, 0.6) is 0 Å². The second-order valence-corrected chi connectivity index (χ2v) is 7.28. The fraction of sp³-hybridized carbons (Fsp3) is 0.500. The fourth-order valence-electron chi connectivity index (χ4n) is 2.25. The van der Waals surface area contributed by atoms with Crippen molar-refractivity contribution in [3.63, 3.8) is 0 Å². The maximum atomic E-state index is 12.3. The van der Waals surface area contributed by atoms with Crippen molar-refractivity contribution in [2.75, 3.05) is 0 Å². The fourth-order valence-corrected chi connectivity index (χ4v) is 4.34. The lowest BCUT2D eigenvalue weighted by Gasteiger charge is -2.29. The Kier molecular flexibility index (Phi) is 4.74. The van der Waals surface area contributed by atoms with Crippen LogP contribution in [-0.4, -0.2) is 20.5 Å². The van der Waals surface area contributed by atoms with Crippen molar-refractivity contribution >= 4 is 33.2 Å². The van der Waals surface area contributed by atoms with Gasteiger partial charge in [-0.15, -0.1) is 0 Å². The van der Waals surface area contributed by atoms with Crippen molar-refractivity contribution in [3.05, 3.63) is 28.2 Å². The summed E-state index contributed by atoms with van der Waals surface area (Å²) >= 11 is 11.7. The van der Waals surface area contributed by atoms with Gasteiger partial charge < -0.3 is 5.73 Å². The monoisotopic (exact) mass is 322 g/mol. The Morgan fingerprint density at radius 2 is 1.89 bits per heavy atom. The van der Waals surface area contributed by atoms with E-state index in [-0.39, 0.29) is 22.0 Å². The van der Waals surface area contributed by atoms with Gasteiger partial charge >= 0.3 is 0 Å². The topological polar surface area (TPSA) is 72.2 Å². The van der Waals surface area contributed by atoms with Crippen LogP contribution in [0, 0.1) is 0 Å². The summed E-state index contributed by atoms with van der Waals surface area (Å²) in [7, 11) is -3.69. The van der Waals surface area contributed by atoms with Crippen molar-refractivity contribution in [2.24, 2.45) is 5.73 Å². The van der Waals surface area contributed by atoms with Crippen molar-refractivity contribution in [1.82, 2.24) is 4.72 Å². The molecule has 106 valence electrons. The number of halogens is 2. The van der Waals surface area contributed by atoms with Crippen molar-refractivity contribution in [1.29, 1.82) is 0 Å². The van der Waals surface area contributed by atoms with Gasteiger partial charge in [-0.3, -0.25) is 0 Å². The van der Waals surface area contributed by atoms with Gasteiger partial charge in [-0.2, -0.15) is 0 Å². The molecule has 1 aromatic carbocycles. The lowest BCUT2D eigenvalue weighted by Crippen LogP contribution is -2.49. The SMILES string of the molecule is N[C@@H]1CCCC[C@H]1NS(=O)(=O)c1cc(Cl)ccc1Cl. The van der Waals surface area contributed by atoms with Crippen molar-refractivity contribution in [2.45, 2.75) is 42.7 Å². The first-order valence-electron chi connectivity index (χ1n) is 6.13. The Hall–Kier alpha value is -0.330. The zero-order chi connectivity index (χ0) is 14.0. The molecule has 1 aliphatic carbocycles. The lowest BCUT2D eigenvalue weighted by atomic mass is 9.92. The highest BCUT2D eigenvalue weighted by molar-refractivity contribution is 7.89. The van der Waals surface area contributed by atoms with Crippen LogP contribution in [0.2, 0.25) is 10.0 Å². The quantitative estimate of drug-likeness (QED) is 0.898. The van der Waals surface area contributed by atoms with E-state index in [2.05, 4.69) is 4.72 Å². The summed E-state index contributed by atoms with van der Waals surface area (Å²) in [6, 6.07) is 3.98. The molecular formula is C12H16Cl2N2O2S. The minimum atomic E-state index is -3.69. The van der Waals surface area contributed by atoms with Crippen LogP contribution in [0.3, 0.4) is 0 Å². The summed E-state index contributed by atoms with van der Waals surface area (Å²) in [4.78, 5) is -0.000518. The molecule has 7 heteroatoms. The largest absolute Gasteiger partial charge is 0.326 e.